The SMILES string of the molecule is CC(C)C(Cl)C1CCCCC1. The number of hydrogen-bond acceptors (Lipinski definition) is 0. The van der Waals surface area contributed by atoms with E-state index in [1.165, 1.54) is 32.1 Å². The van der Waals surface area contributed by atoms with E-state index < -0.39 is 0 Å². The van der Waals surface area contributed by atoms with Gasteiger partial charge in [0, 0.05) is 5.38 Å². The van der Waals surface area contributed by atoms with E-state index >= 15 is 0 Å². The summed E-state index contributed by atoms with van der Waals surface area (Å²) in [4.78, 5) is 0. The van der Waals surface area contributed by atoms with Crippen molar-refractivity contribution in [2.24, 2.45) is 11.8 Å². The topological polar surface area (TPSA) is 0 Å². The third kappa shape index (κ3) is 2.66. The Morgan fingerprint density at radius 1 is 1.09 bits per heavy atom. The van der Waals surface area contributed by atoms with E-state index in [-0.39, 0.29) is 0 Å². The molecule has 0 nitrogen and oxygen atoms in total. The molecule has 0 saturated heterocycles. The Kier molecular flexibility index (Phi) is 3.71. The maximum atomic E-state index is 6.29. The van der Waals surface area contributed by atoms with Crippen molar-refractivity contribution >= 4 is 11.6 Å². The molecule has 1 rings (SSSR count). The molecule has 1 atom stereocenters. The lowest BCUT2D eigenvalue weighted by Gasteiger charge is -2.28. The van der Waals surface area contributed by atoms with Gasteiger partial charge in [0.1, 0.15) is 0 Å². The fourth-order valence-corrected chi connectivity index (χ4v) is 2.25. The van der Waals surface area contributed by atoms with Gasteiger partial charge in [-0.25, -0.2) is 0 Å². The molecule has 0 spiro atoms. The molecule has 1 unspecified atom stereocenters. The summed E-state index contributed by atoms with van der Waals surface area (Å²) in [5.74, 6) is 1.46. The smallest absolute Gasteiger partial charge is 0.0387 e. The molecule has 0 aromatic heterocycles. The van der Waals surface area contributed by atoms with E-state index in [9.17, 15) is 0 Å². The molecule has 1 fully saturated rings. The van der Waals surface area contributed by atoms with Crippen LogP contribution in [0, 0.1) is 11.8 Å². The highest BCUT2D eigenvalue weighted by Gasteiger charge is 2.23. The van der Waals surface area contributed by atoms with Gasteiger partial charge in [0.25, 0.3) is 0 Å². The summed E-state index contributed by atoms with van der Waals surface area (Å²) >= 11 is 6.29. The molecule has 0 radical (unpaired) electrons. The maximum Gasteiger partial charge on any atom is 0.0387 e. The largest absolute Gasteiger partial charge is 0.122 e. The Balaban J connectivity index is 2.32. The van der Waals surface area contributed by atoms with Crippen LogP contribution in [-0.2, 0) is 0 Å². The highest BCUT2D eigenvalue weighted by atomic mass is 35.5. The Labute approximate surface area is 75.3 Å². The van der Waals surface area contributed by atoms with Crippen molar-refractivity contribution in [1.82, 2.24) is 0 Å². The Morgan fingerprint density at radius 2 is 1.64 bits per heavy atom. The van der Waals surface area contributed by atoms with Crippen LogP contribution in [0.3, 0.4) is 0 Å². The van der Waals surface area contributed by atoms with Crippen molar-refractivity contribution in [2.75, 3.05) is 0 Å². The minimum atomic E-state index is 0.426. The van der Waals surface area contributed by atoms with E-state index in [4.69, 9.17) is 11.6 Å². The summed E-state index contributed by atoms with van der Waals surface area (Å²) in [6.45, 7) is 4.46. The minimum absolute atomic E-state index is 0.426. The van der Waals surface area contributed by atoms with Crippen molar-refractivity contribution in [3.63, 3.8) is 0 Å². The zero-order chi connectivity index (χ0) is 8.27. The monoisotopic (exact) mass is 174 g/mol. The van der Waals surface area contributed by atoms with Gasteiger partial charge in [-0.1, -0.05) is 33.1 Å². The van der Waals surface area contributed by atoms with E-state index in [0.29, 0.717) is 11.3 Å². The first-order valence-electron chi connectivity index (χ1n) is 4.86. The standard InChI is InChI=1S/C10H19Cl/c1-8(2)10(11)9-6-4-3-5-7-9/h8-10H,3-7H2,1-2H3. The van der Waals surface area contributed by atoms with Crippen LogP contribution in [0.1, 0.15) is 46.0 Å². The van der Waals surface area contributed by atoms with Gasteiger partial charge >= 0.3 is 0 Å². The molecule has 1 saturated carbocycles. The van der Waals surface area contributed by atoms with Crippen molar-refractivity contribution in [3.8, 4) is 0 Å². The summed E-state index contributed by atoms with van der Waals surface area (Å²) in [6.07, 6.45) is 6.97. The highest BCUT2D eigenvalue weighted by Crippen LogP contribution is 2.32. The molecule has 1 heteroatoms. The molecule has 1 aliphatic rings. The quantitative estimate of drug-likeness (QED) is 0.559. The number of rotatable bonds is 2. The second-order valence-corrected chi connectivity index (χ2v) is 4.59. The van der Waals surface area contributed by atoms with E-state index in [1.807, 2.05) is 0 Å². The third-order valence-electron chi connectivity index (χ3n) is 2.74. The van der Waals surface area contributed by atoms with Crippen LogP contribution >= 0.6 is 11.6 Å². The lowest BCUT2D eigenvalue weighted by molar-refractivity contribution is 0.311. The first-order valence-corrected chi connectivity index (χ1v) is 5.29. The van der Waals surface area contributed by atoms with E-state index in [0.717, 1.165) is 5.92 Å². The predicted molar refractivity (Wildman–Crippen MR) is 51.1 cm³/mol. The van der Waals surface area contributed by atoms with Crippen LogP contribution in [0.2, 0.25) is 0 Å². The third-order valence-corrected chi connectivity index (χ3v) is 3.60. The van der Waals surface area contributed by atoms with Crippen LogP contribution in [0.5, 0.6) is 0 Å². The van der Waals surface area contributed by atoms with Gasteiger partial charge in [-0.05, 0) is 24.7 Å². The molecule has 0 aliphatic heterocycles. The van der Waals surface area contributed by atoms with Gasteiger partial charge in [-0.2, -0.15) is 0 Å². The molecule has 1 aliphatic carbocycles. The van der Waals surface area contributed by atoms with Crippen LogP contribution in [-0.4, -0.2) is 5.38 Å². The van der Waals surface area contributed by atoms with Crippen molar-refractivity contribution in [2.45, 2.75) is 51.3 Å². The van der Waals surface area contributed by atoms with Gasteiger partial charge < -0.3 is 0 Å². The summed E-state index contributed by atoms with van der Waals surface area (Å²) in [5.41, 5.74) is 0. The van der Waals surface area contributed by atoms with Gasteiger partial charge in [0.05, 0.1) is 0 Å². The fraction of sp³-hybridized carbons (Fsp3) is 1.00. The zero-order valence-electron chi connectivity index (χ0n) is 7.65. The van der Waals surface area contributed by atoms with Crippen molar-refractivity contribution in [1.29, 1.82) is 0 Å². The lowest BCUT2D eigenvalue weighted by Crippen LogP contribution is -2.22. The van der Waals surface area contributed by atoms with Crippen molar-refractivity contribution in [3.05, 3.63) is 0 Å². The summed E-state index contributed by atoms with van der Waals surface area (Å²) in [7, 11) is 0. The zero-order valence-corrected chi connectivity index (χ0v) is 8.40. The molecule has 66 valence electrons. The molecule has 0 heterocycles. The van der Waals surface area contributed by atoms with Crippen LogP contribution in [0.25, 0.3) is 0 Å². The Hall–Kier alpha value is 0.290. The van der Waals surface area contributed by atoms with Gasteiger partial charge in [0.2, 0.25) is 0 Å². The maximum absolute atomic E-state index is 6.29. The van der Waals surface area contributed by atoms with Gasteiger partial charge in [0.15, 0.2) is 0 Å². The first kappa shape index (κ1) is 9.38. The second-order valence-electron chi connectivity index (χ2n) is 4.09. The molecule has 0 amide bonds. The molecule has 11 heavy (non-hydrogen) atoms. The minimum Gasteiger partial charge on any atom is -0.122 e. The fourth-order valence-electron chi connectivity index (χ4n) is 2.00. The molecule has 0 aromatic carbocycles. The van der Waals surface area contributed by atoms with Crippen molar-refractivity contribution < 1.29 is 0 Å². The number of halogens is 1. The second kappa shape index (κ2) is 4.35. The summed E-state index contributed by atoms with van der Waals surface area (Å²) < 4.78 is 0. The number of alkyl halides is 1. The van der Waals surface area contributed by atoms with Crippen LogP contribution < -0.4 is 0 Å². The molecule has 0 aromatic rings. The normalized spacial score (nSPS) is 24.0. The van der Waals surface area contributed by atoms with Gasteiger partial charge in [-0.15, -0.1) is 11.6 Å². The van der Waals surface area contributed by atoms with Gasteiger partial charge in [-0.3, -0.25) is 0 Å². The summed E-state index contributed by atoms with van der Waals surface area (Å²) in [6, 6.07) is 0. The molecular formula is C10H19Cl. The van der Waals surface area contributed by atoms with Crippen LogP contribution in [0.15, 0.2) is 0 Å². The van der Waals surface area contributed by atoms with Crippen LogP contribution in [0.4, 0.5) is 0 Å². The molecular weight excluding hydrogens is 156 g/mol. The Morgan fingerprint density at radius 3 is 2.09 bits per heavy atom. The number of hydrogen-bond donors (Lipinski definition) is 0. The van der Waals surface area contributed by atoms with E-state index in [2.05, 4.69) is 13.8 Å². The Bertz CT molecular complexity index is 103. The van der Waals surface area contributed by atoms with E-state index in [1.54, 1.807) is 0 Å². The average molecular weight is 175 g/mol. The molecule has 0 bridgehead atoms. The predicted octanol–water partition coefficient (Wildman–Crippen LogP) is 3.83. The summed E-state index contributed by atoms with van der Waals surface area (Å²) in [5, 5.41) is 0.426. The molecule has 0 N–H and O–H groups in total. The lowest BCUT2D eigenvalue weighted by atomic mass is 9.83. The highest BCUT2D eigenvalue weighted by molar-refractivity contribution is 6.20. The first-order chi connectivity index (χ1) is 5.22. The average Bonchev–Trinajstić information content (AvgIpc) is 2.05.